The summed E-state index contributed by atoms with van der Waals surface area (Å²) in [4.78, 5) is 4.19. The van der Waals surface area contributed by atoms with Gasteiger partial charge in [-0.2, -0.15) is 0 Å². The zero-order chi connectivity index (χ0) is 12.2. The van der Waals surface area contributed by atoms with E-state index in [2.05, 4.69) is 4.98 Å². The van der Waals surface area contributed by atoms with E-state index in [1.807, 2.05) is 19.1 Å². The Morgan fingerprint density at radius 2 is 2.12 bits per heavy atom. The Labute approximate surface area is 94.9 Å². The van der Waals surface area contributed by atoms with Gasteiger partial charge < -0.3 is 5.73 Å². The molecule has 4 heteroatoms. The molecule has 0 fully saturated rings. The first-order valence-corrected chi connectivity index (χ1v) is 5.47. The van der Waals surface area contributed by atoms with Gasteiger partial charge in [0.05, 0.1) is 0 Å². The van der Waals surface area contributed by atoms with Crippen molar-refractivity contribution >= 4 is 0 Å². The molecule has 90 valence electrons. The fraction of sp³-hybridized carbons (Fsp3) is 0.583. The van der Waals surface area contributed by atoms with Gasteiger partial charge >= 0.3 is 0 Å². The molecular formula is C12H18F2N2. The second-order valence-corrected chi connectivity index (χ2v) is 4.30. The standard InChI is InChI=1S/C12H18F2N2/c1-9(15)10-5-6-11(16-8-10)4-3-7-12(2,13)14/h5-6,8-9H,3-4,7,15H2,1-2H3. The minimum absolute atomic E-state index is 0.0403. The number of hydrogen-bond donors (Lipinski definition) is 1. The minimum Gasteiger partial charge on any atom is -0.324 e. The number of halogens is 2. The highest BCUT2D eigenvalue weighted by molar-refractivity contribution is 5.16. The third-order valence-electron chi connectivity index (χ3n) is 2.42. The molecule has 1 aromatic heterocycles. The number of alkyl halides is 2. The van der Waals surface area contributed by atoms with Gasteiger partial charge in [0, 0.05) is 24.4 Å². The van der Waals surface area contributed by atoms with Crippen molar-refractivity contribution in [3.63, 3.8) is 0 Å². The predicted octanol–water partition coefficient (Wildman–Crippen LogP) is 3.08. The van der Waals surface area contributed by atoms with Crippen LogP contribution in [-0.4, -0.2) is 10.9 Å². The second-order valence-electron chi connectivity index (χ2n) is 4.30. The van der Waals surface area contributed by atoms with Crippen LogP contribution in [0.15, 0.2) is 18.3 Å². The van der Waals surface area contributed by atoms with Crippen molar-refractivity contribution in [2.45, 2.75) is 45.1 Å². The summed E-state index contributed by atoms with van der Waals surface area (Å²) < 4.78 is 25.1. The van der Waals surface area contributed by atoms with Gasteiger partial charge in [-0.05, 0) is 38.3 Å². The monoisotopic (exact) mass is 228 g/mol. The maximum Gasteiger partial charge on any atom is 0.245 e. The Bertz CT molecular complexity index is 315. The lowest BCUT2D eigenvalue weighted by Gasteiger charge is -2.09. The van der Waals surface area contributed by atoms with Crippen LogP contribution in [0.2, 0.25) is 0 Å². The zero-order valence-corrected chi connectivity index (χ0v) is 9.71. The van der Waals surface area contributed by atoms with E-state index in [4.69, 9.17) is 5.73 Å². The topological polar surface area (TPSA) is 38.9 Å². The molecule has 0 bridgehead atoms. The molecule has 0 saturated heterocycles. The smallest absolute Gasteiger partial charge is 0.245 e. The minimum atomic E-state index is -2.58. The van der Waals surface area contributed by atoms with E-state index in [1.165, 1.54) is 0 Å². The molecule has 0 saturated carbocycles. The first kappa shape index (κ1) is 13.0. The van der Waals surface area contributed by atoms with Gasteiger partial charge in [-0.25, -0.2) is 8.78 Å². The van der Waals surface area contributed by atoms with E-state index in [-0.39, 0.29) is 12.5 Å². The summed E-state index contributed by atoms with van der Waals surface area (Å²) in [6, 6.07) is 3.71. The third kappa shape index (κ3) is 4.66. The summed E-state index contributed by atoms with van der Waals surface area (Å²) in [5, 5.41) is 0. The van der Waals surface area contributed by atoms with Crippen molar-refractivity contribution in [1.82, 2.24) is 4.98 Å². The lowest BCUT2D eigenvalue weighted by atomic mass is 10.1. The molecule has 0 radical (unpaired) electrons. The predicted molar refractivity (Wildman–Crippen MR) is 60.4 cm³/mol. The number of pyridine rings is 1. The molecule has 2 N–H and O–H groups in total. The van der Waals surface area contributed by atoms with Crippen LogP contribution in [-0.2, 0) is 6.42 Å². The second kappa shape index (κ2) is 5.34. The Kier molecular flexibility index (Phi) is 4.35. The van der Waals surface area contributed by atoms with Crippen molar-refractivity contribution in [2.24, 2.45) is 5.73 Å². The van der Waals surface area contributed by atoms with Crippen molar-refractivity contribution in [2.75, 3.05) is 0 Å². The summed E-state index contributed by atoms with van der Waals surface area (Å²) in [7, 11) is 0. The zero-order valence-electron chi connectivity index (χ0n) is 9.71. The van der Waals surface area contributed by atoms with Crippen LogP contribution in [0.4, 0.5) is 8.78 Å². The Morgan fingerprint density at radius 3 is 2.56 bits per heavy atom. The molecule has 1 rings (SSSR count). The molecule has 0 amide bonds. The van der Waals surface area contributed by atoms with Crippen LogP contribution in [0, 0.1) is 0 Å². The van der Waals surface area contributed by atoms with Crippen LogP contribution in [0.1, 0.15) is 44.0 Å². The molecule has 0 aliphatic rings. The van der Waals surface area contributed by atoms with E-state index in [0.29, 0.717) is 12.8 Å². The SMILES string of the molecule is CC(N)c1ccc(CCCC(C)(F)F)nc1. The molecule has 0 aliphatic heterocycles. The summed E-state index contributed by atoms with van der Waals surface area (Å²) in [6.45, 7) is 2.83. The van der Waals surface area contributed by atoms with Crippen LogP contribution >= 0.6 is 0 Å². The lowest BCUT2D eigenvalue weighted by Crippen LogP contribution is -2.10. The van der Waals surface area contributed by atoms with Gasteiger partial charge in [-0.1, -0.05) is 6.07 Å². The fourth-order valence-electron chi connectivity index (χ4n) is 1.43. The van der Waals surface area contributed by atoms with Gasteiger partial charge in [-0.15, -0.1) is 0 Å². The van der Waals surface area contributed by atoms with Crippen molar-refractivity contribution in [1.29, 1.82) is 0 Å². The molecule has 1 unspecified atom stereocenters. The van der Waals surface area contributed by atoms with Crippen LogP contribution in [0.3, 0.4) is 0 Å². The molecule has 2 nitrogen and oxygen atoms in total. The Hall–Kier alpha value is -1.03. The molecule has 0 aliphatic carbocycles. The molecule has 0 aromatic carbocycles. The van der Waals surface area contributed by atoms with E-state index in [0.717, 1.165) is 18.2 Å². The summed E-state index contributed by atoms with van der Waals surface area (Å²) in [5.41, 5.74) is 7.49. The molecule has 1 atom stereocenters. The van der Waals surface area contributed by atoms with Crippen molar-refractivity contribution < 1.29 is 8.78 Å². The summed E-state index contributed by atoms with van der Waals surface area (Å²) in [6.07, 6.45) is 2.66. The molecule has 0 spiro atoms. The molecule has 1 aromatic rings. The van der Waals surface area contributed by atoms with Gasteiger partial charge in [0.15, 0.2) is 0 Å². The molecule has 16 heavy (non-hydrogen) atoms. The number of hydrogen-bond acceptors (Lipinski definition) is 2. The number of aryl methyl sites for hydroxylation is 1. The lowest BCUT2D eigenvalue weighted by molar-refractivity contribution is 0.0110. The number of rotatable bonds is 5. The Morgan fingerprint density at radius 1 is 1.44 bits per heavy atom. The molecule has 1 heterocycles. The summed E-state index contributed by atoms with van der Waals surface area (Å²) in [5.74, 6) is -2.58. The third-order valence-corrected chi connectivity index (χ3v) is 2.42. The first-order valence-electron chi connectivity index (χ1n) is 5.47. The average Bonchev–Trinajstić information content (AvgIpc) is 2.16. The van der Waals surface area contributed by atoms with E-state index in [1.54, 1.807) is 6.20 Å². The van der Waals surface area contributed by atoms with Crippen molar-refractivity contribution in [3.05, 3.63) is 29.6 Å². The van der Waals surface area contributed by atoms with E-state index in [9.17, 15) is 8.78 Å². The van der Waals surface area contributed by atoms with Crippen LogP contribution in [0.5, 0.6) is 0 Å². The fourth-order valence-corrected chi connectivity index (χ4v) is 1.43. The maximum absolute atomic E-state index is 12.6. The first-order chi connectivity index (χ1) is 7.38. The van der Waals surface area contributed by atoms with Gasteiger partial charge in [0.25, 0.3) is 0 Å². The Balaban J connectivity index is 2.44. The highest BCUT2D eigenvalue weighted by Gasteiger charge is 2.19. The normalized spacial score (nSPS) is 13.8. The summed E-state index contributed by atoms with van der Waals surface area (Å²) >= 11 is 0. The largest absolute Gasteiger partial charge is 0.324 e. The average molecular weight is 228 g/mol. The quantitative estimate of drug-likeness (QED) is 0.841. The van der Waals surface area contributed by atoms with Gasteiger partial charge in [0.2, 0.25) is 5.92 Å². The highest BCUT2D eigenvalue weighted by atomic mass is 19.3. The number of nitrogens with zero attached hydrogens (tertiary/aromatic N) is 1. The van der Waals surface area contributed by atoms with Gasteiger partial charge in [-0.3, -0.25) is 4.98 Å². The van der Waals surface area contributed by atoms with Crippen LogP contribution in [0.25, 0.3) is 0 Å². The highest BCUT2D eigenvalue weighted by Crippen LogP contribution is 2.20. The molecular weight excluding hydrogens is 210 g/mol. The van der Waals surface area contributed by atoms with Gasteiger partial charge in [0.1, 0.15) is 0 Å². The van der Waals surface area contributed by atoms with E-state index < -0.39 is 5.92 Å². The van der Waals surface area contributed by atoms with Crippen LogP contribution < -0.4 is 5.73 Å². The maximum atomic E-state index is 12.6. The number of nitrogens with two attached hydrogens (primary N) is 1. The van der Waals surface area contributed by atoms with Crippen molar-refractivity contribution in [3.8, 4) is 0 Å². The number of aromatic nitrogens is 1. The van der Waals surface area contributed by atoms with E-state index >= 15 is 0 Å².